The smallest absolute Gasteiger partial charge is 0.251 e. The Hall–Kier alpha value is -0.870. The number of benzene rings is 1. The lowest BCUT2D eigenvalue weighted by atomic mass is 10.0. The summed E-state index contributed by atoms with van der Waals surface area (Å²) in [6.45, 7) is 5.35. The molecule has 0 aromatic heterocycles. The van der Waals surface area contributed by atoms with Gasteiger partial charge in [0.15, 0.2) is 0 Å². The van der Waals surface area contributed by atoms with Crippen molar-refractivity contribution in [3.63, 3.8) is 0 Å². The second-order valence-corrected chi connectivity index (χ2v) is 5.85. The van der Waals surface area contributed by atoms with Crippen LogP contribution in [0.2, 0.25) is 0 Å². The van der Waals surface area contributed by atoms with Crippen molar-refractivity contribution in [1.29, 1.82) is 0 Å². The molecule has 0 spiro atoms. The summed E-state index contributed by atoms with van der Waals surface area (Å²) in [4.78, 5) is 12.1. The number of rotatable bonds is 3. The van der Waals surface area contributed by atoms with Gasteiger partial charge in [-0.2, -0.15) is 0 Å². The molecular weight excluding hydrogens is 294 g/mol. The van der Waals surface area contributed by atoms with Crippen molar-refractivity contribution < 1.29 is 9.53 Å². The first-order chi connectivity index (χ1) is 8.52. The van der Waals surface area contributed by atoms with Crippen molar-refractivity contribution in [2.45, 2.75) is 32.3 Å². The van der Waals surface area contributed by atoms with Gasteiger partial charge < -0.3 is 10.1 Å². The monoisotopic (exact) mass is 311 g/mol. The number of halogens is 1. The predicted molar refractivity (Wildman–Crippen MR) is 74.8 cm³/mol. The number of hydrogen-bond acceptors (Lipinski definition) is 2. The molecule has 0 aliphatic carbocycles. The van der Waals surface area contributed by atoms with E-state index in [0.717, 1.165) is 29.5 Å². The molecule has 1 heterocycles. The first kappa shape index (κ1) is 13.6. The molecule has 1 fully saturated rings. The first-order valence-corrected chi connectivity index (χ1v) is 6.98. The number of amides is 1. The fourth-order valence-electron chi connectivity index (χ4n) is 2.19. The minimum atomic E-state index is -0.199. The van der Waals surface area contributed by atoms with Gasteiger partial charge in [0.2, 0.25) is 0 Å². The third-order valence-electron chi connectivity index (χ3n) is 3.44. The van der Waals surface area contributed by atoms with Crippen LogP contribution in [0.4, 0.5) is 0 Å². The standard InChI is InChI=1S/C14H18BrNO2/c1-10-11(5-3-6-12(10)15)13(17)16-9-14(2)7-4-8-18-14/h3,5-6H,4,7-9H2,1-2H3,(H,16,17). The average molecular weight is 312 g/mol. The molecule has 1 saturated heterocycles. The summed E-state index contributed by atoms with van der Waals surface area (Å²) in [5.41, 5.74) is 1.48. The Balaban J connectivity index is 2.01. The summed E-state index contributed by atoms with van der Waals surface area (Å²) in [6, 6.07) is 5.65. The van der Waals surface area contributed by atoms with Gasteiger partial charge in [0.1, 0.15) is 0 Å². The van der Waals surface area contributed by atoms with Crippen LogP contribution < -0.4 is 5.32 Å². The lowest BCUT2D eigenvalue weighted by molar-refractivity contribution is 0.0206. The zero-order valence-corrected chi connectivity index (χ0v) is 12.3. The van der Waals surface area contributed by atoms with Crippen LogP contribution in [-0.2, 0) is 4.74 Å². The van der Waals surface area contributed by atoms with Crippen molar-refractivity contribution in [1.82, 2.24) is 5.32 Å². The Labute approximate surface area is 116 Å². The second-order valence-electron chi connectivity index (χ2n) is 5.00. The molecule has 0 saturated carbocycles. The first-order valence-electron chi connectivity index (χ1n) is 6.19. The highest BCUT2D eigenvalue weighted by Crippen LogP contribution is 2.24. The van der Waals surface area contributed by atoms with Gasteiger partial charge in [0.05, 0.1) is 5.60 Å². The Morgan fingerprint density at radius 2 is 2.33 bits per heavy atom. The summed E-state index contributed by atoms with van der Waals surface area (Å²) < 4.78 is 6.61. The highest BCUT2D eigenvalue weighted by Gasteiger charge is 2.30. The third kappa shape index (κ3) is 2.93. The van der Waals surface area contributed by atoms with Crippen LogP contribution in [0.25, 0.3) is 0 Å². The van der Waals surface area contributed by atoms with Crippen molar-refractivity contribution in [2.24, 2.45) is 0 Å². The zero-order chi connectivity index (χ0) is 13.2. The van der Waals surface area contributed by atoms with E-state index in [-0.39, 0.29) is 11.5 Å². The van der Waals surface area contributed by atoms with Crippen molar-refractivity contribution in [3.8, 4) is 0 Å². The van der Waals surface area contributed by atoms with E-state index in [4.69, 9.17) is 4.74 Å². The fraction of sp³-hybridized carbons (Fsp3) is 0.500. The zero-order valence-electron chi connectivity index (χ0n) is 10.8. The van der Waals surface area contributed by atoms with Crippen LogP contribution in [-0.4, -0.2) is 24.7 Å². The molecule has 2 rings (SSSR count). The van der Waals surface area contributed by atoms with Gasteiger partial charge >= 0.3 is 0 Å². The molecule has 0 radical (unpaired) electrons. The van der Waals surface area contributed by atoms with E-state index in [0.29, 0.717) is 12.1 Å². The summed E-state index contributed by atoms with van der Waals surface area (Å²) in [7, 11) is 0. The van der Waals surface area contributed by atoms with Gasteiger partial charge in [-0.1, -0.05) is 22.0 Å². The molecule has 1 aliphatic rings. The topological polar surface area (TPSA) is 38.3 Å². The van der Waals surface area contributed by atoms with Crippen LogP contribution in [0.5, 0.6) is 0 Å². The summed E-state index contributed by atoms with van der Waals surface area (Å²) in [6.07, 6.45) is 2.08. The van der Waals surface area contributed by atoms with Crippen LogP contribution in [0.3, 0.4) is 0 Å². The number of carbonyl (C=O) groups is 1. The Kier molecular flexibility index (Phi) is 4.07. The van der Waals surface area contributed by atoms with Gasteiger partial charge in [-0.25, -0.2) is 0 Å². The minimum absolute atomic E-state index is 0.0366. The molecule has 1 aliphatic heterocycles. The van der Waals surface area contributed by atoms with Gasteiger partial charge in [0, 0.05) is 23.2 Å². The van der Waals surface area contributed by atoms with E-state index in [9.17, 15) is 4.79 Å². The highest BCUT2D eigenvalue weighted by atomic mass is 79.9. The second kappa shape index (κ2) is 5.41. The quantitative estimate of drug-likeness (QED) is 0.931. The van der Waals surface area contributed by atoms with E-state index in [2.05, 4.69) is 21.2 Å². The summed E-state index contributed by atoms with van der Waals surface area (Å²) in [5.74, 6) is -0.0366. The fourth-order valence-corrected chi connectivity index (χ4v) is 2.56. The van der Waals surface area contributed by atoms with Crippen LogP contribution in [0, 0.1) is 6.92 Å². The summed E-state index contributed by atoms with van der Waals surface area (Å²) >= 11 is 3.44. The number of nitrogens with one attached hydrogen (secondary N) is 1. The maximum Gasteiger partial charge on any atom is 0.251 e. The van der Waals surface area contributed by atoms with Gasteiger partial charge in [-0.05, 0) is 44.4 Å². The highest BCUT2D eigenvalue weighted by molar-refractivity contribution is 9.10. The molecule has 1 atom stereocenters. The molecule has 1 unspecified atom stereocenters. The molecule has 1 N–H and O–H groups in total. The lowest BCUT2D eigenvalue weighted by Crippen LogP contribution is -2.40. The summed E-state index contributed by atoms with van der Waals surface area (Å²) in [5, 5.41) is 2.96. The molecule has 18 heavy (non-hydrogen) atoms. The number of ether oxygens (including phenoxy) is 1. The Bertz CT molecular complexity index is 453. The molecule has 4 heteroatoms. The lowest BCUT2D eigenvalue weighted by Gasteiger charge is -2.23. The number of carbonyl (C=O) groups excluding carboxylic acids is 1. The maximum absolute atomic E-state index is 12.1. The molecule has 0 bridgehead atoms. The van der Waals surface area contributed by atoms with E-state index in [1.54, 1.807) is 0 Å². The molecule has 3 nitrogen and oxygen atoms in total. The van der Waals surface area contributed by atoms with Crippen LogP contribution in [0.1, 0.15) is 35.7 Å². The van der Waals surface area contributed by atoms with E-state index >= 15 is 0 Å². The van der Waals surface area contributed by atoms with E-state index in [1.807, 2.05) is 32.0 Å². The number of hydrogen-bond donors (Lipinski definition) is 1. The van der Waals surface area contributed by atoms with Crippen molar-refractivity contribution in [3.05, 3.63) is 33.8 Å². The predicted octanol–water partition coefficient (Wildman–Crippen LogP) is 3.06. The Morgan fingerprint density at radius 3 is 3.00 bits per heavy atom. The van der Waals surface area contributed by atoms with E-state index < -0.39 is 0 Å². The largest absolute Gasteiger partial charge is 0.373 e. The molecule has 98 valence electrons. The van der Waals surface area contributed by atoms with Crippen LogP contribution >= 0.6 is 15.9 Å². The molecule has 1 aromatic rings. The molecule has 1 amide bonds. The van der Waals surface area contributed by atoms with E-state index in [1.165, 1.54) is 0 Å². The molecule has 1 aromatic carbocycles. The van der Waals surface area contributed by atoms with Crippen molar-refractivity contribution >= 4 is 21.8 Å². The van der Waals surface area contributed by atoms with Gasteiger partial charge in [0.25, 0.3) is 5.91 Å². The average Bonchev–Trinajstić information content (AvgIpc) is 2.77. The van der Waals surface area contributed by atoms with Gasteiger partial charge in [-0.15, -0.1) is 0 Å². The molecular formula is C14H18BrNO2. The SMILES string of the molecule is Cc1c(Br)cccc1C(=O)NCC1(C)CCCO1. The normalized spacial score (nSPS) is 23.1. The van der Waals surface area contributed by atoms with Crippen molar-refractivity contribution in [2.75, 3.05) is 13.2 Å². The Morgan fingerprint density at radius 1 is 1.56 bits per heavy atom. The van der Waals surface area contributed by atoms with Crippen LogP contribution in [0.15, 0.2) is 22.7 Å². The minimum Gasteiger partial charge on any atom is -0.373 e. The third-order valence-corrected chi connectivity index (χ3v) is 4.29. The van der Waals surface area contributed by atoms with Gasteiger partial charge in [-0.3, -0.25) is 4.79 Å². The maximum atomic E-state index is 12.1.